The molecular formula is C8H17NO3. The van der Waals surface area contributed by atoms with E-state index < -0.39 is 18.1 Å². The number of carboxylic acid groups (broad SMARTS) is 1. The molecule has 0 aromatic heterocycles. The Morgan fingerprint density at radius 1 is 1.58 bits per heavy atom. The van der Waals surface area contributed by atoms with Gasteiger partial charge in [0, 0.05) is 0 Å². The molecule has 0 fully saturated rings. The summed E-state index contributed by atoms with van der Waals surface area (Å²) in [6.07, 6.45) is -0.0513. The number of aliphatic hydroxyl groups is 1. The molecule has 0 aliphatic rings. The molecule has 3 N–H and O–H groups in total. The minimum absolute atomic E-state index is 0.00134. The van der Waals surface area contributed by atoms with Gasteiger partial charge in [-0.3, -0.25) is 4.79 Å². The maximum atomic E-state index is 10.6. The maximum absolute atomic E-state index is 10.6. The van der Waals surface area contributed by atoms with Crippen molar-refractivity contribution >= 4 is 5.97 Å². The molecule has 0 rings (SSSR count). The monoisotopic (exact) mass is 175 g/mol. The Balaban J connectivity index is 4.20. The van der Waals surface area contributed by atoms with Crippen LogP contribution in [-0.2, 0) is 4.79 Å². The molecule has 3 atom stereocenters. The van der Waals surface area contributed by atoms with Crippen molar-refractivity contribution in [3.63, 3.8) is 0 Å². The number of aliphatic hydroxyl groups excluding tert-OH is 1. The first-order valence-corrected chi connectivity index (χ1v) is 4.12. The number of hydrogen-bond donors (Lipinski definition) is 3. The quantitative estimate of drug-likeness (QED) is 0.553. The van der Waals surface area contributed by atoms with Crippen LogP contribution in [0.1, 0.15) is 20.3 Å². The van der Waals surface area contributed by atoms with Crippen LogP contribution in [0.25, 0.3) is 0 Å². The summed E-state index contributed by atoms with van der Waals surface area (Å²) in [7, 11) is 1.53. The molecule has 0 saturated heterocycles. The lowest BCUT2D eigenvalue weighted by atomic mass is 9.96. The van der Waals surface area contributed by atoms with E-state index in [0.717, 1.165) is 6.42 Å². The SMILES string of the molecule is CCC(C)C(O)[C@H](NC)C(=O)O. The van der Waals surface area contributed by atoms with E-state index in [2.05, 4.69) is 5.32 Å². The van der Waals surface area contributed by atoms with Gasteiger partial charge < -0.3 is 15.5 Å². The van der Waals surface area contributed by atoms with Crippen LogP contribution in [0.2, 0.25) is 0 Å². The van der Waals surface area contributed by atoms with Gasteiger partial charge in [0.05, 0.1) is 6.10 Å². The topological polar surface area (TPSA) is 69.6 Å². The summed E-state index contributed by atoms with van der Waals surface area (Å²) in [5, 5.41) is 20.7. The van der Waals surface area contributed by atoms with Crippen molar-refractivity contribution in [2.45, 2.75) is 32.4 Å². The Morgan fingerprint density at radius 3 is 2.33 bits per heavy atom. The van der Waals surface area contributed by atoms with Crippen molar-refractivity contribution in [2.24, 2.45) is 5.92 Å². The summed E-state index contributed by atoms with van der Waals surface area (Å²) < 4.78 is 0. The van der Waals surface area contributed by atoms with Crippen molar-refractivity contribution in [3.8, 4) is 0 Å². The summed E-state index contributed by atoms with van der Waals surface area (Å²) in [5.74, 6) is -1.01. The summed E-state index contributed by atoms with van der Waals surface area (Å²) in [6, 6.07) is -0.861. The fourth-order valence-corrected chi connectivity index (χ4v) is 1.01. The summed E-state index contributed by atoms with van der Waals surface area (Å²) >= 11 is 0. The predicted molar refractivity (Wildman–Crippen MR) is 45.9 cm³/mol. The van der Waals surface area contributed by atoms with Gasteiger partial charge in [-0.25, -0.2) is 0 Å². The highest BCUT2D eigenvalue weighted by atomic mass is 16.4. The Hall–Kier alpha value is -0.610. The lowest BCUT2D eigenvalue weighted by Gasteiger charge is -2.23. The van der Waals surface area contributed by atoms with Crippen molar-refractivity contribution in [2.75, 3.05) is 7.05 Å². The zero-order chi connectivity index (χ0) is 9.72. The van der Waals surface area contributed by atoms with Gasteiger partial charge in [0.25, 0.3) is 0 Å². The number of carbonyl (C=O) groups is 1. The predicted octanol–water partition coefficient (Wildman–Crippen LogP) is 0.0660. The number of likely N-dealkylation sites (N-methyl/N-ethyl adjacent to an activating group) is 1. The molecule has 0 aliphatic carbocycles. The number of aliphatic carboxylic acids is 1. The van der Waals surface area contributed by atoms with Gasteiger partial charge in [0.2, 0.25) is 0 Å². The minimum atomic E-state index is -1.01. The summed E-state index contributed by atoms with van der Waals surface area (Å²) in [4.78, 5) is 10.6. The average Bonchev–Trinajstić information content (AvgIpc) is 2.03. The fraction of sp³-hybridized carbons (Fsp3) is 0.875. The average molecular weight is 175 g/mol. The van der Waals surface area contributed by atoms with Gasteiger partial charge in [-0.2, -0.15) is 0 Å². The van der Waals surface area contributed by atoms with Crippen LogP contribution in [-0.4, -0.2) is 35.4 Å². The van der Waals surface area contributed by atoms with E-state index in [1.54, 1.807) is 0 Å². The molecule has 0 aliphatic heterocycles. The van der Waals surface area contributed by atoms with Crippen LogP contribution in [0.15, 0.2) is 0 Å². The van der Waals surface area contributed by atoms with Gasteiger partial charge in [-0.05, 0) is 13.0 Å². The van der Waals surface area contributed by atoms with Crippen LogP contribution in [0.5, 0.6) is 0 Å². The van der Waals surface area contributed by atoms with Crippen LogP contribution in [0, 0.1) is 5.92 Å². The molecule has 0 aromatic carbocycles. The highest BCUT2D eigenvalue weighted by Gasteiger charge is 2.27. The highest BCUT2D eigenvalue weighted by molar-refractivity contribution is 5.74. The molecule has 4 nitrogen and oxygen atoms in total. The molecule has 4 heteroatoms. The van der Waals surface area contributed by atoms with Gasteiger partial charge in [-0.15, -0.1) is 0 Å². The second kappa shape index (κ2) is 5.11. The summed E-state index contributed by atoms with van der Waals surface area (Å²) in [5.41, 5.74) is 0. The van der Waals surface area contributed by atoms with Gasteiger partial charge in [-0.1, -0.05) is 20.3 Å². The largest absolute Gasteiger partial charge is 0.480 e. The Kier molecular flexibility index (Phi) is 4.85. The van der Waals surface area contributed by atoms with Crippen molar-refractivity contribution in [1.82, 2.24) is 5.32 Å². The van der Waals surface area contributed by atoms with Gasteiger partial charge in [0.15, 0.2) is 0 Å². The Bertz CT molecular complexity index is 149. The highest BCUT2D eigenvalue weighted by Crippen LogP contribution is 2.10. The normalized spacial score (nSPS) is 18.3. The molecule has 0 bridgehead atoms. The van der Waals surface area contributed by atoms with E-state index in [1.807, 2.05) is 13.8 Å². The van der Waals surface area contributed by atoms with Crippen LogP contribution >= 0.6 is 0 Å². The number of rotatable bonds is 5. The van der Waals surface area contributed by atoms with Crippen molar-refractivity contribution in [3.05, 3.63) is 0 Å². The van der Waals surface area contributed by atoms with Crippen molar-refractivity contribution in [1.29, 1.82) is 0 Å². The van der Waals surface area contributed by atoms with Crippen molar-refractivity contribution < 1.29 is 15.0 Å². The third-order valence-corrected chi connectivity index (χ3v) is 2.15. The van der Waals surface area contributed by atoms with E-state index in [0.29, 0.717) is 0 Å². The van der Waals surface area contributed by atoms with E-state index in [-0.39, 0.29) is 5.92 Å². The third-order valence-electron chi connectivity index (χ3n) is 2.15. The van der Waals surface area contributed by atoms with E-state index in [4.69, 9.17) is 5.11 Å². The van der Waals surface area contributed by atoms with Gasteiger partial charge >= 0.3 is 5.97 Å². The molecule has 0 heterocycles. The van der Waals surface area contributed by atoms with Gasteiger partial charge in [0.1, 0.15) is 6.04 Å². The molecule has 0 saturated carbocycles. The molecule has 2 unspecified atom stereocenters. The Labute approximate surface area is 72.6 Å². The fourth-order valence-electron chi connectivity index (χ4n) is 1.01. The number of carboxylic acids is 1. The first kappa shape index (κ1) is 11.4. The smallest absolute Gasteiger partial charge is 0.323 e. The maximum Gasteiger partial charge on any atom is 0.323 e. The number of nitrogens with one attached hydrogen (secondary N) is 1. The first-order chi connectivity index (χ1) is 5.54. The summed E-state index contributed by atoms with van der Waals surface area (Å²) in [6.45, 7) is 3.75. The lowest BCUT2D eigenvalue weighted by molar-refractivity contribution is -0.143. The minimum Gasteiger partial charge on any atom is -0.480 e. The standard InChI is InChI=1S/C8H17NO3/c1-4-5(2)7(10)6(9-3)8(11)12/h5-7,9-10H,4H2,1-3H3,(H,11,12)/t5?,6-,7?/m0/s1. The number of hydrogen-bond acceptors (Lipinski definition) is 3. The van der Waals surface area contributed by atoms with Crippen LogP contribution in [0.3, 0.4) is 0 Å². The molecular weight excluding hydrogens is 158 g/mol. The zero-order valence-electron chi connectivity index (χ0n) is 7.74. The van der Waals surface area contributed by atoms with E-state index >= 15 is 0 Å². The lowest BCUT2D eigenvalue weighted by Crippen LogP contribution is -2.47. The van der Waals surface area contributed by atoms with Crippen LogP contribution < -0.4 is 5.32 Å². The second-order valence-electron chi connectivity index (χ2n) is 2.98. The molecule has 0 aromatic rings. The molecule has 0 spiro atoms. The Morgan fingerprint density at radius 2 is 2.08 bits per heavy atom. The third kappa shape index (κ3) is 2.79. The van der Waals surface area contributed by atoms with Crippen LogP contribution in [0.4, 0.5) is 0 Å². The molecule has 0 radical (unpaired) electrons. The van der Waals surface area contributed by atoms with E-state index in [9.17, 15) is 9.90 Å². The zero-order valence-corrected chi connectivity index (χ0v) is 7.74. The second-order valence-corrected chi connectivity index (χ2v) is 2.98. The van der Waals surface area contributed by atoms with E-state index in [1.165, 1.54) is 7.05 Å². The first-order valence-electron chi connectivity index (χ1n) is 4.12. The molecule has 0 amide bonds. The molecule has 72 valence electrons. The molecule has 12 heavy (non-hydrogen) atoms.